The Morgan fingerprint density at radius 2 is 2.00 bits per heavy atom. The van der Waals surface area contributed by atoms with Crippen molar-refractivity contribution in [2.24, 2.45) is 0 Å². The van der Waals surface area contributed by atoms with E-state index in [9.17, 15) is 4.39 Å². The van der Waals surface area contributed by atoms with Crippen LogP contribution in [0.15, 0.2) is 0 Å². The third kappa shape index (κ3) is 3.85. The first kappa shape index (κ1) is 5.85. The first-order valence-corrected chi connectivity index (χ1v) is 1.69. The summed E-state index contributed by atoms with van der Waals surface area (Å²) in [7, 11) is 0. The fourth-order valence-corrected chi connectivity index (χ4v) is 0.0976. The van der Waals surface area contributed by atoms with Crippen LogP contribution in [0.25, 0.3) is 0 Å². The molecule has 3 heteroatoms. The van der Waals surface area contributed by atoms with Crippen molar-refractivity contribution in [2.75, 3.05) is 6.67 Å². The molecule has 2 nitrogen and oxygen atoms in total. The van der Waals surface area contributed by atoms with Crippen LogP contribution in [0.2, 0.25) is 0 Å². The predicted molar refractivity (Wildman–Crippen MR) is 18.8 cm³/mol. The van der Waals surface area contributed by atoms with E-state index in [1.165, 1.54) is 0 Å². The van der Waals surface area contributed by atoms with Crippen LogP contribution in [0.3, 0.4) is 0 Å². The van der Waals surface area contributed by atoms with E-state index in [-0.39, 0.29) is 6.42 Å². The summed E-state index contributed by atoms with van der Waals surface area (Å²) in [5.74, 6) is 0. The third-order valence-corrected chi connectivity index (χ3v) is 0.367. The number of hydrogen-bond acceptors (Lipinski definition) is 2. The molecule has 6 heavy (non-hydrogen) atoms. The fraction of sp³-hybridized carbons (Fsp3) is 1.00. The molecule has 0 saturated heterocycles. The summed E-state index contributed by atoms with van der Waals surface area (Å²) in [6.45, 7) is -0.669. The van der Waals surface area contributed by atoms with E-state index in [1.54, 1.807) is 0 Å². The van der Waals surface area contributed by atoms with Crippen LogP contribution in [0, 0.1) is 0 Å². The van der Waals surface area contributed by atoms with E-state index < -0.39 is 13.0 Å². The van der Waals surface area contributed by atoms with E-state index in [4.69, 9.17) is 10.2 Å². The molecule has 0 fully saturated rings. The Hall–Kier alpha value is -0.150. The molecule has 0 aromatic carbocycles. The Kier molecular flexibility index (Phi) is 2.98. The number of alkyl halides is 1. The number of halogens is 1. The highest BCUT2D eigenvalue weighted by Gasteiger charge is 1.91. The lowest BCUT2D eigenvalue weighted by atomic mass is 10.5. The van der Waals surface area contributed by atoms with Crippen molar-refractivity contribution in [3.63, 3.8) is 0 Å². The zero-order valence-corrected chi connectivity index (χ0v) is 3.26. The molecular weight excluding hydrogens is 87.0 g/mol. The summed E-state index contributed by atoms with van der Waals surface area (Å²) in [4.78, 5) is 0. The van der Waals surface area contributed by atoms with Crippen molar-refractivity contribution in [3.8, 4) is 0 Å². The zero-order valence-electron chi connectivity index (χ0n) is 3.26. The molecule has 0 rings (SSSR count). The minimum Gasteiger partial charge on any atom is -0.368 e. The van der Waals surface area contributed by atoms with Gasteiger partial charge in [-0.3, -0.25) is 4.39 Å². The highest BCUT2D eigenvalue weighted by atomic mass is 19.1. The molecular formula is C3H7FO2. The van der Waals surface area contributed by atoms with Gasteiger partial charge in [0.2, 0.25) is 0 Å². The van der Waals surface area contributed by atoms with Crippen molar-refractivity contribution >= 4 is 0 Å². The topological polar surface area (TPSA) is 40.5 Å². The molecule has 0 bridgehead atoms. The van der Waals surface area contributed by atoms with Gasteiger partial charge in [0.25, 0.3) is 0 Å². The largest absolute Gasteiger partial charge is 0.368 e. The maximum atomic E-state index is 10.9. The van der Waals surface area contributed by atoms with Gasteiger partial charge in [0.1, 0.15) is 0 Å². The summed E-state index contributed by atoms with van der Waals surface area (Å²) in [5, 5.41) is 15.7. The van der Waals surface area contributed by atoms with Gasteiger partial charge < -0.3 is 10.2 Å². The molecule has 0 spiro atoms. The van der Waals surface area contributed by atoms with Crippen LogP contribution in [-0.2, 0) is 0 Å². The molecule has 0 aliphatic carbocycles. The molecule has 2 N–H and O–H groups in total. The van der Waals surface area contributed by atoms with Gasteiger partial charge in [-0.25, -0.2) is 0 Å². The van der Waals surface area contributed by atoms with Crippen LogP contribution >= 0.6 is 0 Å². The Morgan fingerprint density at radius 1 is 1.50 bits per heavy atom. The van der Waals surface area contributed by atoms with Crippen LogP contribution < -0.4 is 0 Å². The minimum absolute atomic E-state index is 0.181. The SMILES string of the molecule is OC(O)CCF. The standard InChI is InChI=1S/C3H7FO2/c4-2-1-3(5)6/h3,5-6H,1-2H2. The van der Waals surface area contributed by atoms with E-state index in [1.807, 2.05) is 0 Å². The van der Waals surface area contributed by atoms with Crippen LogP contribution in [0.1, 0.15) is 6.42 Å². The van der Waals surface area contributed by atoms with Crippen LogP contribution in [0.5, 0.6) is 0 Å². The average Bonchev–Trinajstić information content (AvgIpc) is 1.35. The minimum atomic E-state index is -1.48. The van der Waals surface area contributed by atoms with Gasteiger partial charge in [0.15, 0.2) is 6.29 Å². The van der Waals surface area contributed by atoms with E-state index in [0.29, 0.717) is 0 Å². The average molecular weight is 94.1 g/mol. The first-order valence-electron chi connectivity index (χ1n) is 1.69. The Morgan fingerprint density at radius 3 is 2.00 bits per heavy atom. The highest BCUT2D eigenvalue weighted by Crippen LogP contribution is 1.83. The van der Waals surface area contributed by atoms with E-state index in [2.05, 4.69) is 0 Å². The third-order valence-electron chi connectivity index (χ3n) is 0.367. The van der Waals surface area contributed by atoms with Gasteiger partial charge in [-0.2, -0.15) is 0 Å². The molecule has 0 radical (unpaired) electrons. The second-order valence-corrected chi connectivity index (χ2v) is 0.958. The lowest BCUT2D eigenvalue weighted by Crippen LogP contribution is -2.03. The van der Waals surface area contributed by atoms with Crippen molar-refractivity contribution < 1.29 is 14.6 Å². The fourth-order valence-electron chi connectivity index (χ4n) is 0.0976. The predicted octanol–water partition coefficient (Wildman–Crippen LogP) is -0.343. The van der Waals surface area contributed by atoms with Crippen molar-refractivity contribution in [2.45, 2.75) is 12.7 Å². The molecule has 0 aliphatic rings. The summed E-state index contributed by atoms with van der Waals surface area (Å²) >= 11 is 0. The molecule has 0 heterocycles. The van der Waals surface area contributed by atoms with Crippen LogP contribution in [0.4, 0.5) is 4.39 Å². The molecule has 0 atom stereocenters. The Bertz CT molecular complexity index is 30.0. The summed E-state index contributed by atoms with van der Waals surface area (Å²) in [6.07, 6.45) is -1.66. The number of aliphatic hydroxyl groups is 2. The van der Waals surface area contributed by atoms with Gasteiger partial charge in [-0.15, -0.1) is 0 Å². The van der Waals surface area contributed by atoms with Crippen molar-refractivity contribution in [3.05, 3.63) is 0 Å². The van der Waals surface area contributed by atoms with Crippen LogP contribution in [-0.4, -0.2) is 23.2 Å². The first-order chi connectivity index (χ1) is 2.77. The molecule has 0 aromatic rings. The quantitative estimate of drug-likeness (QED) is 0.459. The summed E-state index contributed by atoms with van der Waals surface area (Å²) in [5.41, 5.74) is 0. The molecule has 0 amide bonds. The molecule has 0 saturated carbocycles. The van der Waals surface area contributed by atoms with Gasteiger partial charge in [-0.1, -0.05) is 0 Å². The maximum Gasteiger partial charge on any atom is 0.153 e. The van der Waals surface area contributed by atoms with Gasteiger partial charge in [0, 0.05) is 6.42 Å². The Balaban J connectivity index is 2.63. The molecule has 0 aliphatic heterocycles. The zero-order chi connectivity index (χ0) is 4.99. The maximum absolute atomic E-state index is 10.9. The summed E-state index contributed by atoms with van der Waals surface area (Å²) in [6, 6.07) is 0. The van der Waals surface area contributed by atoms with Gasteiger partial charge in [0.05, 0.1) is 6.67 Å². The monoisotopic (exact) mass is 94.0 g/mol. The molecule has 38 valence electrons. The normalized spacial score (nSPS) is 10.0. The number of aliphatic hydroxyl groups excluding tert-OH is 1. The second kappa shape index (κ2) is 3.06. The lowest BCUT2D eigenvalue weighted by Gasteiger charge is -1.93. The van der Waals surface area contributed by atoms with E-state index in [0.717, 1.165) is 0 Å². The van der Waals surface area contributed by atoms with Crippen molar-refractivity contribution in [1.29, 1.82) is 0 Å². The van der Waals surface area contributed by atoms with Gasteiger partial charge >= 0.3 is 0 Å². The summed E-state index contributed by atoms with van der Waals surface area (Å²) < 4.78 is 10.9. The van der Waals surface area contributed by atoms with Crippen molar-refractivity contribution in [1.82, 2.24) is 0 Å². The lowest BCUT2D eigenvalue weighted by molar-refractivity contribution is -0.0484. The second-order valence-electron chi connectivity index (χ2n) is 0.958. The Labute approximate surface area is 35.2 Å². The highest BCUT2D eigenvalue weighted by molar-refractivity contribution is 4.31. The number of rotatable bonds is 2. The van der Waals surface area contributed by atoms with E-state index >= 15 is 0 Å². The van der Waals surface area contributed by atoms with Gasteiger partial charge in [-0.05, 0) is 0 Å². The smallest absolute Gasteiger partial charge is 0.153 e. The molecule has 0 unspecified atom stereocenters. The number of hydrogen-bond donors (Lipinski definition) is 2. The molecule has 0 aromatic heterocycles.